The van der Waals surface area contributed by atoms with E-state index in [4.69, 9.17) is 13.9 Å². The number of hydrogen-bond acceptors (Lipinski definition) is 5. The molecule has 2 heterocycles. The molecule has 1 aromatic heterocycles. The molecule has 0 radical (unpaired) electrons. The summed E-state index contributed by atoms with van der Waals surface area (Å²) >= 11 is 0. The van der Waals surface area contributed by atoms with Gasteiger partial charge in [-0.25, -0.2) is 4.79 Å². The van der Waals surface area contributed by atoms with Crippen LogP contribution in [0.25, 0.3) is 11.0 Å². The van der Waals surface area contributed by atoms with Gasteiger partial charge in [0, 0.05) is 24.0 Å². The Labute approximate surface area is 140 Å². The lowest BCUT2D eigenvalue weighted by Gasteiger charge is -2.20. The predicted octanol–water partition coefficient (Wildman–Crippen LogP) is 2.92. The molecule has 24 heavy (non-hydrogen) atoms. The van der Waals surface area contributed by atoms with Crippen molar-refractivity contribution < 1.29 is 23.5 Å². The number of likely N-dealkylation sites (tertiary alicyclic amines) is 1. The molecule has 1 amide bonds. The van der Waals surface area contributed by atoms with E-state index in [-0.39, 0.29) is 11.7 Å². The number of rotatable bonds is 4. The molecule has 0 N–H and O–H groups in total. The van der Waals surface area contributed by atoms with Gasteiger partial charge >= 0.3 is 5.97 Å². The second-order valence-electron chi connectivity index (χ2n) is 6.00. The third-order valence-electron chi connectivity index (χ3n) is 4.38. The number of esters is 1. The molecule has 0 saturated carbocycles. The number of hydrogen-bond donors (Lipinski definition) is 0. The van der Waals surface area contributed by atoms with Gasteiger partial charge in [0.05, 0.1) is 7.11 Å². The zero-order valence-corrected chi connectivity index (χ0v) is 14.1. The van der Waals surface area contributed by atoms with E-state index < -0.39 is 12.1 Å². The number of carbonyl (C=O) groups is 2. The van der Waals surface area contributed by atoms with Crippen LogP contribution in [0.4, 0.5) is 0 Å². The van der Waals surface area contributed by atoms with E-state index >= 15 is 0 Å². The number of ether oxygens (including phenoxy) is 2. The number of benzene rings is 1. The first-order chi connectivity index (χ1) is 11.5. The highest BCUT2D eigenvalue weighted by Crippen LogP contribution is 2.29. The molecule has 1 aliphatic heterocycles. The second kappa shape index (κ2) is 6.55. The first-order valence-electron chi connectivity index (χ1n) is 8.08. The molecule has 1 fully saturated rings. The van der Waals surface area contributed by atoms with Gasteiger partial charge < -0.3 is 18.8 Å². The molecule has 1 atom stereocenters. The van der Waals surface area contributed by atoms with E-state index in [1.54, 1.807) is 38.0 Å². The maximum Gasteiger partial charge on any atom is 0.375 e. The van der Waals surface area contributed by atoms with Gasteiger partial charge in [-0.2, -0.15) is 0 Å². The van der Waals surface area contributed by atoms with Crippen molar-refractivity contribution in [3.63, 3.8) is 0 Å². The Hall–Kier alpha value is -2.50. The zero-order chi connectivity index (χ0) is 17.3. The van der Waals surface area contributed by atoms with Gasteiger partial charge in [0.15, 0.2) is 6.10 Å². The molecule has 128 valence electrons. The molecule has 0 bridgehead atoms. The van der Waals surface area contributed by atoms with Crippen molar-refractivity contribution in [1.82, 2.24) is 4.90 Å². The van der Waals surface area contributed by atoms with Crippen molar-refractivity contribution >= 4 is 22.8 Å². The van der Waals surface area contributed by atoms with Crippen molar-refractivity contribution in [1.29, 1.82) is 0 Å². The predicted molar refractivity (Wildman–Crippen MR) is 88.2 cm³/mol. The Morgan fingerprint density at radius 2 is 1.96 bits per heavy atom. The Bertz CT molecular complexity index is 773. The monoisotopic (exact) mass is 331 g/mol. The minimum absolute atomic E-state index is 0.124. The summed E-state index contributed by atoms with van der Waals surface area (Å²) in [5.74, 6) is 0.0298. The summed E-state index contributed by atoms with van der Waals surface area (Å²) in [7, 11) is 1.58. The molecule has 0 spiro atoms. The van der Waals surface area contributed by atoms with Crippen LogP contribution >= 0.6 is 0 Å². The number of nitrogens with zero attached hydrogens (tertiary/aromatic N) is 1. The zero-order valence-electron chi connectivity index (χ0n) is 14.1. The molecular weight excluding hydrogens is 310 g/mol. The van der Waals surface area contributed by atoms with E-state index in [2.05, 4.69) is 0 Å². The summed E-state index contributed by atoms with van der Waals surface area (Å²) in [6.07, 6.45) is 1.17. The number of fused-ring (bicyclic) bond motifs is 1. The van der Waals surface area contributed by atoms with Crippen LogP contribution in [0.1, 0.15) is 35.9 Å². The van der Waals surface area contributed by atoms with Gasteiger partial charge in [-0.1, -0.05) is 0 Å². The third kappa shape index (κ3) is 2.96. The van der Waals surface area contributed by atoms with Gasteiger partial charge in [-0.15, -0.1) is 0 Å². The molecule has 2 aromatic rings. The van der Waals surface area contributed by atoms with Gasteiger partial charge in [0.25, 0.3) is 5.91 Å². The van der Waals surface area contributed by atoms with Crippen LogP contribution in [0.3, 0.4) is 0 Å². The van der Waals surface area contributed by atoms with Crippen molar-refractivity contribution in [2.45, 2.75) is 32.8 Å². The number of methoxy groups -OCH3 is 1. The number of amides is 1. The molecule has 1 aliphatic rings. The maximum atomic E-state index is 12.4. The quantitative estimate of drug-likeness (QED) is 0.806. The minimum Gasteiger partial charge on any atom is -0.497 e. The molecule has 0 aliphatic carbocycles. The Morgan fingerprint density at radius 3 is 2.62 bits per heavy atom. The number of aryl methyl sites for hydroxylation is 1. The van der Waals surface area contributed by atoms with Crippen LogP contribution in [0, 0.1) is 6.92 Å². The van der Waals surface area contributed by atoms with Crippen molar-refractivity contribution in [3.05, 3.63) is 29.5 Å². The van der Waals surface area contributed by atoms with Gasteiger partial charge in [0.2, 0.25) is 5.76 Å². The topological polar surface area (TPSA) is 69.0 Å². The van der Waals surface area contributed by atoms with Crippen molar-refractivity contribution in [2.24, 2.45) is 0 Å². The Morgan fingerprint density at radius 1 is 1.25 bits per heavy atom. The van der Waals surface area contributed by atoms with Crippen LogP contribution < -0.4 is 4.74 Å². The van der Waals surface area contributed by atoms with Crippen molar-refractivity contribution in [2.75, 3.05) is 20.2 Å². The van der Waals surface area contributed by atoms with Crippen LogP contribution in [-0.2, 0) is 9.53 Å². The number of carbonyl (C=O) groups excluding carboxylic acids is 2. The Kier molecular flexibility index (Phi) is 4.46. The van der Waals surface area contributed by atoms with E-state index in [1.807, 2.05) is 6.07 Å². The average molecular weight is 331 g/mol. The molecular formula is C18H21NO5. The standard InChI is InChI=1S/C18H21NO5/c1-11-14-10-13(22-3)6-7-15(14)24-16(11)18(21)23-12(2)17(20)19-8-4-5-9-19/h6-7,10,12H,4-5,8-9H2,1-3H3/t12-/m1/s1. The lowest BCUT2D eigenvalue weighted by atomic mass is 10.1. The van der Waals surface area contributed by atoms with E-state index in [0.29, 0.717) is 16.9 Å². The summed E-state index contributed by atoms with van der Waals surface area (Å²) in [4.78, 5) is 26.4. The third-order valence-corrected chi connectivity index (χ3v) is 4.38. The average Bonchev–Trinajstić information content (AvgIpc) is 3.22. The highest BCUT2D eigenvalue weighted by Gasteiger charge is 2.28. The van der Waals surface area contributed by atoms with Crippen LogP contribution in [0.2, 0.25) is 0 Å². The summed E-state index contributed by atoms with van der Waals surface area (Å²) in [6.45, 7) is 4.84. The minimum atomic E-state index is -0.822. The summed E-state index contributed by atoms with van der Waals surface area (Å²) in [5.41, 5.74) is 1.26. The Balaban J connectivity index is 1.78. The fourth-order valence-corrected chi connectivity index (χ4v) is 2.98. The first kappa shape index (κ1) is 16.4. The lowest BCUT2D eigenvalue weighted by Crippen LogP contribution is -2.38. The normalized spacial score (nSPS) is 15.5. The SMILES string of the molecule is COc1ccc2oc(C(=O)O[C@H](C)C(=O)N3CCCC3)c(C)c2c1. The van der Waals surface area contributed by atoms with Crippen LogP contribution in [0.15, 0.2) is 22.6 Å². The van der Waals surface area contributed by atoms with Crippen LogP contribution in [-0.4, -0.2) is 43.1 Å². The summed E-state index contributed by atoms with van der Waals surface area (Å²) in [5, 5.41) is 0.792. The molecule has 0 unspecified atom stereocenters. The lowest BCUT2D eigenvalue weighted by molar-refractivity contribution is -0.138. The molecule has 6 heteroatoms. The molecule has 1 aromatic carbocycles. The number of furan rings is 1. The summed E-state index contributed by atoms with van der Waals surface area (Å²) in [6, 6.07) is 5.32. The summed E-state index contributed by atoms with van der Waals surface area (Å²) < 4.78 is 16.1. The second-order valence-corrected chi connectivity index (χ2v) is 6.00. The van der Waals surface area contributed by atoms with E-state index in [1.165, 1.54) is 0 Å². The highest BCUT2D eigenvalue weighted by atomic mass is 16.6. The van der Waals surface area contributed by atoms with Gasteiger partial charge in [-0.3, -0.25) is 4.79 Å². The molecule has 6 nitrogen and oxygen atoms in total. The van der Waals surface area contributed by atoms with Crippen LogP contribution in [0.5, 0.6) is 5.75 Å². The maximum absolute atomic E-state index is 12.4. The van der Waals surface area contributed by atoms with E-state index in [9.17, 15) is 9.59 Å². The van der Waals surface area contributed by atoms with Gasteiger partial charge in [-0.05, 0) is 44.9 Å². The molecule has 3 rings (SSSR count). The smallest absolute Gasteiger partial charge is 0.375 e. The largest absolute Gasteiger partial charge is 0.497 e. The first-order valence-corrected chi connectivity index (χ1v) is 8.08. The van der Waals surface area contributed by atoms with Crippen molar-refractivity contribution in [3.8, 4) is 5.75 Å². The fraction of sp³-hybridized carbons (Fsp3) is 0.444. The van der Waals surface area contributed by atoms with E-state index in [0.717, 1.165) is 31.3 Å². The molecule has 1 saturated heterocycles. The highest BCUT2D eigenvalue weighted by molar-refractivity contribution is 5.97. The fourth-order valence-electron chi connectivity index (χ4n) is 2.98. The van der Waals surface area contributed by atoms with Gasteiger partial charge in [0.1, 0.15) is 11.3 Å².